The molecule has 112 valence electrons. The first-order chi connectivity index (χ1) is 10.0. The Morgan fingerprint density at radius 3 is 2.71 bits per heavy atom. The summed E-state index contributed by atoms with van der Waals surface area (Å²) in [5, 5.41) is 12.0. The van der Waals surface area contributed by atoms with Crippen LogP contribution in [0.3, 0.4) is 0 Å². The normalized spacial score (nSPS) is 29.8. The molecule has 1 atom stereocenters. The van der Waals surface area contributed by atoms with Gasteiger partial charge in [-0.15, -0.1) is 0 Å². The average Bonchev–Trinajstić information content (AvgIpc) is 3.12. The molecule has 5 heteroatoms. The highest BCUT2D eigenvalue weighted by Gasteiger charge is 2.62. The number of amides is 1. The van der Waals surface area contributed by atoms with Gasteiger partial charge in [-0.1, -0.05) is 6.07 Å². The Labute approximate surface area is 123 Å². The van der Waals surface area contributed by atoms with Crippen molar-refractivity contribution in [1.82, 2.24) is 5.32 Å². The first-order valence-electron chi connectivity index (χ1n) is 7.30. The summed E-state index contributed by atoms with van der Waals surface area (Å²) in [6.07, 6.45) is 3.37. The zero-order valence-electron chi connectivity index (χ0n) is 12.0. The Bertz CT molecular complexity index is 577. The highest BCUT2D eigenvalue weighted by Crippen LogP contribution is 2.61. The number of hydrogen-bond donors (Lipinski definition) is 2. The zero-order valence-corrected chi connectivity index (χ0v) is 12.0. The smallest absolute Gasteiger partial charge is 0.335 e. The van der Waals surface area contributed by atoms with Gasteiger partial charge in [-0.3, -0.25) is 4.79 Å². The minimum absolute atomic E-state index is 0.133. The number of carbonyl (C=O) groups is 2. The minimum Gasteiger partial charge on any atom is -0.478 e. The van der Waals surface area contributed by atoms with Crippen LogP contribution < -0.4 is 5.32 Å². The van der Waals surface area contributed by atoms with Crippen LogP contribution in [0, 0.1) is 5.41 Å². The Morgan fingerprint density at radius 2 is 2.05 bits per heavy atom. The number of carboxylic acids is 1. The second-order valence-electron chi connectivity index (χ2n) is 5.96. The summed E-state index contributed by atoms with van der Waals surface area (Å²) < 4.78 is 5.56. The fraction of sp³-hybridized carbons (Fsp3) is 0.500. The van der Waals surface area contributed by atoms with Gasteiger partial charge < -0.3 is 15.2 Å². The molecule has 1 unspecified atom stereocenters. The van der Waals surface area contributed by atoms with Crippen LogP contribution in [0.5, 0.6) is 0 Å². The Kier molecular flexibility index (Phi) is 3.45. The standard InChI is InChI=1S/C16H19NO4/c1-2-21-12-7-16(8-12)9-13(16)17-14(18)10-4-3-5-11(6-10)15(19)20/h3-6,12-13H,2,7-9H2,1H3,(H,17,18)(H,19,20). The molecule has 0 heterocycles. The molecule has 3 rings (SSSR count). The average molecular weight is 289 g/mol. The summed E-state index contributed by atoms with van der Waals surface area (Å²) in [6.45, 7) is 2.73. The van der Waals surface area contributed by atoms with Crippen molar-refractivity contribution < 1.29 is 19.4 Å². The van der Waals surface area contributed by atoms with Crippen LogP contribution in [-0.4, -0.2) is 35.7 Å². The third-order valence-electron chi connectivity index (χ3n) is 4.54. The van der Waals surface area contributed by atoms with Crippen molar-refractivity contribution in [2.24, 2.45) is 5.41 Å². The molecule has 1 aromatic carbocycles. The van der Waals surface area contributed by atoms with E-state index in [1.165, 1.54) is 12.1 Å². The molecule has 1 spiro atoms. The summed E-state index contributed by atoms with van der Waals surface area (Å²) in [5.74, 6) is -1.22. The predicted molar refractivity (Wildman–Crippen MR) is 76.4 cm³/mol. The molecule has 0 saturated heterocycles. The van der Waals surface area contributed by atoms with Crippen molar-refractivity contribution in [2.45, 2.75) is 38.3 Å². The molecule has 2 fully saturated rings. The monoisotopic (exact) mass is 289 g/mol. The van der Waals surface area contributed by atoms with Crippen LogP contribution in [0.1, 0.15) is 46.9 Å². The SMILES string of the molecule is CCOC1CC2(C1)CC2NC(=O)c1cccc(C(=O)O)c1. The van der Waals surface area contributed by atoms with E-state index < -0.39 is 5.97 Å². The summed E-state index contributed by atoms with van der Waals surface area (Å²) >= 11 is 0. The van der Waals surface area contributed by atoms with E-state index in [2.05, 4.69) is 5.32 Å². The number of benzene rings is 1. The molecule has 2 aliphatic carbocycles. The molecule has 5 nitrogen and oxygen atoms in total. The topological polar surface area (TPSA) is 75.6 Å². The highest BCUT2D eigenvalue weighted by atomic mass is 16.5. The largest absolute Gasteiger partial charge is 0.478 e. The summed E-state index contributed by atoms with van der Waals surface area (Å²) in [6, 6.07) is 6.33. The van der Waals surface area contributed by atoms with Crippen LogP contribution in [0.25, 0.3) is 0 Å². The van der Waals surface area contributed by atoms with Gasteiger partial charge in [0, 0.05) is 18.2 Å². The van der Waals surface area contributed by atoms with Crippen molar-refractivity contribution in [3.05, 3.63) is 35.4 Å². The van der Waals surface area contributed by atoms with E-state index >= 15 is 0 Å². The van der Waals surface area contributed by atoms with Gasteiger partial charge in [0.25, 0.3) is 5.91 Å². The van der Waals surface area contributed by atoms with Crippen LogP contribution in [0.15, 0.2) is 24.3 Å². The zero-order chi connectivity index (χ0) is 15.0. The predicted octanol–water partition coefficient (Wildman–Crippen LogP) is 2.07. The Hall–Kier alpha value is -1.88. The maximum atomic E-state index is 12.2. The van der Waals surface area contributed by atoms with Crippen LogP contribution in [0.4, 0.5) is 0 Å². The highest BCUT2D eigenvalue weighted by molar-refractivity contribution is 5.97. The molecule has 2 aliphatic rings. The molecule has 1 amide bonds. The number of carbonyl (C=O) groups excluding carboxylic acids is 1. The lowest BCUT2D eigenvalue weighted by Crippen LogP contribution is -2.40. The van der Waals surface area contributed by atoms with Crippen molar-refractivity contribution in [3.63, 3.8) is 0 Å². The Morgan fingerprint density at radius 1 is 1.33 bits per heavy atom. The second-order valence-corrected chi connectivity index (χ2v) is 5.96. The van der Waals surface area contributed by atoms with Crippen molar-refractivity contribution in [2.75, 3.05) is 6.61 Å². The summed E-state index contributed by atoms with van der Waals surface area (Å²) in [7, 11) is 0. The van der Waals surface area contributed by atoms with E-state index in [0.717, 1.165) is 25.9 Å². The van der Waals surface area contributed by atoms with Crippen molar-refractivity contribution >= 4 is 11.9 Å². The number of hydrogen-bond acceptors (Lipinski definition) is 3. The third-order valence-corrected chi connectivity index (χ3v) is 4.54. The van der Waals surface area contributed by atoms with Gasteiger partial charge in [0.15, 0.2) is 0 Å². The number of carboxylic acid groups (broad SMARTS) is 1. The number of ether oxygens (including phenoxy) is 1. The lowest BCUT2D eigenvalue weighted by atomic mass is 9.78. The van der Waals surface area contributed by atoms with E-state index in [4.69, 9.17) is 9.84 Å². The molecule has 0 radical (unpaired) electrons. The summed E-state index contributed by atoms with van der Waals surface area (Å²) in [4.78, 5) is 23.1. The fourth-order valence-corrected chi connectivity index (χ4v) is 3.24. The van der Waals surface area contributed by atoms with E-state index in [1.807, 2.05) is 6.92 Å². The molecule has 1 aromatic rings. The molecule has 0 bridgehead atoms. The number of rotatable bonds is 5. The molecule has 0 aromatic heterocycles. The minimum atomic E-state index is -1.02. The first kappa shape index (κ1) is 14.1. The van der Waals surface area contributed by atoms with E-state index in [0.29, 0.717) is 11.7 Å². The van der Waals surface area contributed by atoms with Gasteiger partial charge in [-0.05, 0) is 49.8 Å². The molecular weight excluding hydrogens is 270 g/mol. The van der Waals surface area contributed by atoms with Gasteiger partial charge in [-0.2, -0.15) is 0 Å². The maximum Gasteiger partial charge on any atom is 0.335 e. The first-order valence-corrected chi connectivity index (χ1v) is 7.30. The van der Waals surface area contributed by atoms with E-state index in [9.17, 15) is 9.59 Å². The van der Waals surface area contributed by atoms with Gasteiger partial charge in [0.05, 0.1) is 11.7 Å². The van der Waals surface area contributed by atoms with Crippen LogP contribution in [-0.2, 0) is 4.74 Å². The summed E-state index contributed by atoms with van der Waals surface area (Å²) in [5.41, 5.74) is 0.769. The number of nitrogens with one attached hydrogen (secondary N) is 1. The molecule has 2 saturated carbocycles. The van der Waals surface area contributed by atoms with Gasteiger partial charge in [0.1, 0.15) is 0 Å². The molecule has 2 N–H and O–H groups in total. The van der Waals surface area contributed by atoms with Crippen LogP contribution in [0.2, 0.25) is 0 Å². The molecule has 21 heavy (non-hydrogen) atoms. The number of aromatic carboxylic acids is 1. The van der Waals surface area contributed by atoms with E-state index in [1.54, 1.807) is 12.1 Å². The third kappa shape index (κ3) is 2.65. The second kappa shape index (κ2) is 5.15. The van der Waals surface area contributed by atoms with Crippen molar-refractivity contribution in [3.8, 4) is 0 Å². The maximum absolute atomic E-state index is 12.2. The lowest BCUT2D eigenvalue weighted by molar-refractivity contribution is -0.0374. The molecule has 0 aliphatic heterocycles. The van der Waals surface area contributed by atoms with E-state index in [-0.39, 0.29) is 22.9 Å². The Balaban J connectivity index is 1.57. The van der Waals surface area contributed by atoms with Gasteiger partial charge >= 0.3 is 5.97 Å². The molecular formula is C16H19NO4. The van der Waals surface area contributed by atoms with Crippen molar-refractivity contribution in [1.29, 1.82) is 0 Å². The fourth-order valence-electron chi connectivity index (χ4n) is 3.24. The quantitative estimate of drug-likeness (QED) is 0.870. The lowest BCUT2D eigenvalue weighted by Gasteiger charge is -2.36. The van der Waals surface area contributed by atoms with Gasteiger partial charge in [0.2, 0.25) is 0 Å². The van der Waals surface area contributed by atoms with Gasteiger partial charge in [-0.25, -0.2) is 4.79 Å². The van der Waals surface area contributed by atoms with Crippen LogP contribution >= 0.6 is 0 Å².